The molecule has 0 fully saturated rings. The minimum Gasteiger partial charge on any atom is -0.330 e. The van der Waals surface area contributed by atoms with Gasteiger partial charge in [0.05, 0.1) is 0 Å². The maximum Gasteiger partial charge on any atom is 0.446 e. The van der Waals surface area contributed by atoms with Crippen molar-refractivity contribution in [3.05, 3.63) is 0 Å². The Labute approximate surface area is 88.2 Å². The van der Waals surface area contributed by atoms with Crippen molar-refractivity contribution in [2.75, 3.05) is 13.1 Å². The Hall–Kier alpha value is -0.620. The molecule has 0 atom stereocenters. The number of aldehydes is 1. The molecule has 92 valence electrons. The largest absolute Gasteiger partial charge is 0.446 e. The number of carbonyl (C=O) groups is 1. The van der Waals surface area contributed by atoms with Gasteiger partial charge >= 0.3 is 6.18 Å². The number of hydrogen-bond acceptors (Lipinski definition) is 3. The Kier molecular flexibility index (Phi) is 8.56. The number of carbonyl (C=O) groups excluding carboxylic acids is 1. The molecule has 0 aromatic rings. The van der Waals surface area contributed by atoms with Gasteiger partial charge in [-0.2, -0.15) is 13.2 Å². The second kappa shape index (κ2) is 7.64. The summed E-state index contributed by atoms with van der Waals surface area (Å²) < 4.78 is 31.2. The van der Waals surface area contributed by atoms with Gasteiger partial charge in [-0.1, -0.05) is 0 Å². The summed E-state index contributed by atoms with van der Waals surface area (Å²) in [4.78, 5) is 8.70. The number of nitrogens with one attached hydrogen (secondary N) is 1. The van der Waals surface area contributed by atoms with Gasteiger partial charge in [0, 0.05) is 5.54 Å². The highest BCUT2D eigenvalue weighted by Crippen LogP contribution is 2.08. The summed E-state index contributed by atoms with van der Waals surface area (Å²) in [6.07, 6.45) is -4.63. The molecule has 0 saturated heterocycles. The van der Waals surface area contributed by atoms with Gasteiger partial charge in [-0.25, -0.2) is 0 Å². The predicted octanol–water partition coefficient (Wildman–Crippen LogP) is 1.47. The standard InChI is InChI=1S/C7H18N2.C2HF3O/c1-7(2,3)9-6-4-5-8;3-2(4,5)1-6/h9H,4-6,8H2,1-3H3;1H. The molecule has 0 radical (unpaired) electrons. The van der Waals surface area contributed by atoms with E-state index in [0.29, 0.717) is 0 Å². The van der Waals surface area contributed by atoms with E-state index in [1.165, 1.54) is 0 Å². The second-order valence-corrected chi connectivity index (χ2v) is 3.98. The van der Waals surface area contributed by atoms with Crippen LogP contribution in [0.15, 0.2) is 0 Å². The fourth-order valence-electron chi connectivity index (χ4n) is 0.565. The summed E-state index contributed by atoms with van der Waals surface area (Å²) in [7, 11) is 0. The van der Waals surface area contributed by atoms with E-state index in [-0.39, 0.29) is 5.54 Å². The number of nitrogens with two attached hydrogens (primary N) is 1. The predicted molar refractivity (Wildman–Crippen MR) is 53.5 cm³/mol. The van der Waals surface area contributed by atoms with E-state index >= 15 is 0 Å². The van der Waals surface area contributed by atoms with E-state index < -0.39 is 12.5 Å². The van der Waals surface area contributed by atoms with Crippen molar-refractivity contribution in [3.63, 3.8) is 0 Å². The van der Waals surface area contributed by atoms with Gasteiger partial charge in [0.1, 0.15) is 0 Å². The molecule has 0 spiro atoms. The fourth-order valence-corrected chi connectivity index (χ4v) is 0.565. The van der Waals surface area contributed by atoms with E-state index in [9.17, 15) is 13.2 Å². The molecular weight excluding hydrogens is 209 g/mol. The number of hydrogen-bond donors (Lipinski definition) is 2. The van der Waals surface area contributed by atoms with Crippen LogP contribution in [-0.4, -0.2) is 31.1 Å². The number of alkyl halides is 3. The summed E-state index contributed by atoms with van der Waals surface area (Å²) in [5.74, 6) is 0. The van der Waals surface area contributed by atoms with E-state index in [0.717, 1.165) is 19.5 Å². The third kappa shape index (κ3) is 24.7. The van der Waals surface area contributed by atoms with Crippen LogP contribution in [0.2, 0.25) is 0 Å². The highest BCUT2D eigenvalue weighted by atomic mass is 19.4. The molecule has 0 aliphatic carbocycles. The zero-order chi connectivity index (χ0) is 12.5. The van der Waals surface area contributed by atoms with E-state index in [1.54, 1.807) is 0 Å². The summed E-state index contributed by atoms with van der Waals surface area (Å²) in [6.45, 7) is 8.28. The van der Waals surface area contributed by atoms with Crippen LogP contribution in [0.25, 0.3) is 0 Å². The molecule has 3 nitrogen and oxygen atoms in total. The van der Waals surface area contributed by atoms with Gasteiger partial charge in [-0.15, -0.1) is 0 Å². The Morgan fingerprint density at radius 2 is 1.67 bits per heavy atom. The average Bonchev–Trinajstić information content (AvgIpc) is 2.02. The molecule has 0 bridgehead atoms. The Bertz CT molecular complexity index is 164. The van der Waals surface area contributed by atoms with Gasteiger partial charge in [0.15, 0.2) is 0 Å². The monoisotopic (exact) mass is 228 g/mol. The second-order valence-electron chi connectivity index (χ2n) is 3.98. The summed E-state index contributed by atoms with van der Waals surface area (Å²) >= 11 is 0. The quantitative estimate of drug-likeness (QED) is 0.568. The van der Waals surface area contributed by atoms with Gasteiger partial charge in [0.2, 0.25) is 6.29 Å². The first-order valence-electron chi connectivity index (χ1n) is 4.60. The van der Waals surface area contributed by atoms with Gasteiger partial charge in [-0.05, 0) is 40.3 Å². The van der Waals surface area contributed by atoms with Crippen molar-refractivity contribution >= 4 is 6.29 Å². The van der Waals surface area contributed by atoms with Crippen LogP contribution in [0.4, 0.5) is 13.2 Å². The van der Waals surface area contributed by atoms with Crippen molar-refractivity contribution in [2.45, 2.75) is 38.9 Å². The van der Waals surface area contributed by atoms with Crippen molar-refractivity contribution in [1.82, 2.24) is 5.32 Å². The van der Waals surface area contributed by atoms with Crippen LogP contribution in [-0.2, 0) is 4.79 Å². The normalized spacial score (nSPS) is 11.7. The molecule has 0 aliphatic heterocycles. The first-order valence-corrected chi connectivity index (χ1v) is 4.60. The maximum absolute atomic E-state index is 10.4. The highest BCUT2D eigenvalue weighted by Gasteiger charge is 2.24. The Balaban J connectivity index is 0. The molecule has 0 saturated carbocycles. The molecule has 3 N–H and O–H groups in total. The lowest BCUT2D eigenvalue weighted by molar-refractivity contribution is -0.156. The molecule has 0 unspecified atom stereocenters. The molecular formula is C9H19F3N2O. The fraction of sp³-hybridized carbons (Fsp3) is 0.889. The maximum atomic E-state index is 10.4. The molecule has 0 rings (SSSR count). The molecule has 6 heteroatoms. The molecule has 15 heavy (non-hydrogen) atoms. The van der Waals surface area contributed by atoms with E-state index in [4.69, 9.17) is 10.5 Å². The topological polar surface area (TPSA) is 55.1 Å². The lowest BCUT2D eigenvalue weighted by Crippen LogP contribution is -2.36. The van der Waals surface area contributed by atoms with Crippen LogP contribution >= 0.6 is 0 Å². The van der Waals surface area contributed by atoms with Crippen LogP contribution in [0, 0.1) is 0 Å². The molecule has 0 heterocycles. The minimum absolute atomic E-state index is 0.245. The van der Waals surface area contributed by atoms with E-state index in [2.05, 4.69) is 26.1 Å². The summed E-state index contributed by atoms with van der Waals surface area (Å²) in [5, 5.41) is 3.34. The summed E-state index contributed by atoms with van der Waals surface area (Å²) in [5.41, 5.74) is 5.56. The van der Waals surface area contributed by atoms with Crippen molar-refractivity contribution in [2.24, 2.45) is 5.73 Å². The lowest BCUT2D eigenvalue weighted by atomic mass is 10.1. The zero-order valence-corrected chi connectivity index (χ0v) is 9.32. The first kappa shape index (κ1) is 16.8. The number of rotatable bonds is 3. The van der Waals surface area contributed by atoms with Crippen molar-refractivity contribution in [3.8, 4) is 0 Å². The van der Waals surface area contributed by atoms with Gasteiger partial charge < -0.3 is 11.1 Å². The first-order chi connectivity index (χ1) is 6.62. The highest BCUT2D eigenvalue weighted by molar-refractivity contribution is 5.56. The smallest absolute Gasteiger partial charge is 0.330 e. The molecule has 0 aromatic carbocycles. The Morgan fingerprint density at radius 1 is 1.27 bits per heavy atom. The van der Waals surface area contributed by atoms with Crippen LogP contribution in [0.1, 0.15) is 27.2 Å². The third-order valence-electron chi connectivity index (χ3n) is 1.17. The van der Waals surface area contributed by atoms with Crippen LogP contribution < -0.4 is 11.1 Å². The molecule has 0 aliphatic rings. The van der Waals surface area contributed by atoms with Crippen molar-refractivity contribution < 1.29 is 18.0 Å². The lowest BCUT2D eigenvalue weighted by Gasteiger charge is -2.19. The Morgan fingerprint density at radius 3 is 1.87 bits per heavy atom. The minimum atomic E-state index is -4.64. The average molecular weight is 228 g/mol. The summed E-state index contributed by atoms with van der Waals surface area (Å²) in [6, 6.07) is 0. The molecule has 0 amide bonds. The van der Waals surface area contributed by atoms with Gasteiger partial charge in [0.25, 0.3) is 0 Å². The third-order valence-corrected chi connectivity index (χ3v) is 1.17. The number of halogens is 3. The van der Waals surface area contributed by atoms with E-state index in [1.807, 2.05) is 0 Å². The van der Waals surface area contributed by atoms with Crippen molar-refractivity contribution in [1.29, 1.82) is 0 Å². The zero-order valence-electron chi connectivity index (χ0n) is 9.32. The van der Waals surface area contributed by atoms with Crippen LogP contribution in [0.3, 0.4) is 0 Å². The molecule has 0 aromatic heterocycles. The van der Waals surface area contributed by atoms with Gasteiger partial charge in [-0.3, -0.25) is 4.79 Å². The van der Waals surface area contributed by atoms with Crippen LogP contribution in [0.5, 0.6) is 0 Å². The SMILES string of the molecule is CC(C)(C)NCCCN.O=CC(F)(F)F.